The molecule has 1 aromatic carbocycles. The van der Waals surface area contributed by atoms with Crippen LogP contribution in [0.25, 0.3) is 0 Å². The molecule has 0 atom stereocenters. The molecule has 0 spiro atoms. The molecule has 0 fully saturated rings. The number of hydrogen-bond acceptors (Lipinski definition) is 3. The summed E-state index contributed by atoms with van der Waals surface area (Å²) in [6.45, 7) is 6.67. The van der Waals surface area contributed by atoms with E-state index in [1.807, 2.05) is 6.07 Å². The van der Waals surface area contributed by atoms with E-state index in [9.17, 15) is 0 Å². The van der Waals surface area contributed by atoms with Crippen molar-refractivity contribution in [3.05, 3.63) is 27.7 Å². The standard InChI is InChI=1S/C14H21Cl2NOS/c1-10(2)8-17-9-11-6-12(15)7-13(16)14(11)18-4-5-19-3/h6-7,10,17H,4-5,8-9H2,1-3H3. The van der Waals surface area contributed by atoms with E-state index >= 15 is 0 Å². The first-order valence-corrected chi connectivity index (χ1v) is 8.50. The quantitative estimate of drug-likeness (QED) is 0.713. The summed E-state index contributed by atoms with van der Waals surface area (Å²) < 4.78 is 5.77. The lowest BCUT2D eigenvalue weighted by atomic mass is 10.1. The van der Waals surface area contributed by atoms with Crippen LogP contribution in [0.5, 0.6) is 5.75 Å². The summed E-state index contributed by atoms with van der Waals surface area (Å²) >= 11 is 14.0. The highest BCUT2D eigenvalue weighted by Crippen LogP contribution is 2.32. The highest BCUT2D eigenvalue weighted by atomic mass is 35.5. The van der Waals surface area contributed by atoms with Crippen molar-refractivity contribution in [2.24, 2.45) is 5.92 Å². The Labute approximate surface area is 130 Å². The Morgan fingerprint density at radius 3 is 2.68 bits per heavy atom. The maximum atomic E-state index is 6.21. The zero-order valence-corrected chi connectivity index (χ0v) is 14.0. The van der Waals surface area contributed by atoms with E-state index in [4.69, 9.17) is 27.9 Å². The monoisotopic (exact) mass is 321 g/mol. The van der Waals surface area contributed by atoms with E-state index in [1.54, 1.807) is 17.8 Å². The summed E-state index contributed by atoms with van der Waals surface area (Å²) in [6, 6.07) is 3.64. The lowest BCUT2D eigenvalue weighted by Gasteiger charge is -2.15. The molecule has 0 aliphatic rings. The van der Waals surface area contributed by atoms with Crippen LogP contribution < -0.4 is 10.1 Å². The minimum atomic E-state index is 0.579. The molecule has 19 heavy (non-hydrogen) atoms. The van der Waals surface area contributed by atoms with Gasteiger partial charge in [0.2, 0.25) is 0 Å². The first-order valence-electron chi connectivity index (χ1n) is 6.35. The molecule has 108 valence electrons. The van der Waals surface area contributed by atoms with Crippen molar-refractivity contribution in [2.45, 2.75) is 20.4 Å². The molecule has 0 amide bonds. The predicted molar refractivity (Wildman–Crippen MR) is 86.9 cm³/mol. The van der Waals surface area contributed by atoms with Crippen molar-refractivity contribution in [3.8, 4) is 5.75 Å². The smallest absolute Gasteiger partial charge is 0.142 e. The molecule has 0 aromatic heterocycles. The molecule has 0 aliphatic carbocycles. The second-order valence-electron chi connectivity index (χ2n) is 4.74. The average molecular weight is 322 g/mol. The molecule has 1 rings (SSSR count). The van der Waals surface area contributed by atoms with Crippen LogP contribution in [0.3, 0.4) is 0 Å². The van der Waals surface area contributed by atoms with Crippen LogP contribution >= 0.6 is 35.0 Å². The van der Waals surface area contributed by atoms with Crippen molar-refractivity contribution in [1.29, 1.82) is 0 Å². The van der Waals surface area contributed by atoms with E-state index in [-0.39, 0.29) is 0 Å². The van der Waals surface area contributed by atoms with E-state index in [0.29, 0.717) is 29.1 Å². The van der Waals surface area contributed by atoms with Crippen LogP contribution in [0.4, 0.5) is 0 Å². The second-order valence-corrected chi connectivity index (χ2v) is 6.57. The van der Waals surface area contributed by atoms with Gasteiger partial charge >= 0.3 is 0 Å². The average Bonchev–Trinajstić information content (AvgIpc) is 2.32. The van der Waals surface area contributed by atoms with Gasteiger partial charge in [0, 0.05) is 22.9 Å². The van der Waals surface area contributed by atoms with Crippen molar-refractivity contribution >= 4 is 35.0 Å². The third-order valence-electron chi connectivity index (χ3n) is 2.49. The van der Waals surface area contributed by atoms with E-state index < -0.39 is 0 Å². The lowest BCUT2D eigenvalue weighted by Crippen LogP contribution is -2.19. The number of ether oxygens (including phenoxy) is 1. The first kappa shape index (κ1) is 17.0. The topological polar surface area (TPSA) is 21.3 Å². The van der Waals surface area contributed by atoms with Crippen LogP contribution in [0, 0.1) is 5.92 Å². The Morgan fingerprint density at radius 1 is 1.32 bits per heavy atom. The predicted octanol–water partition coefficient (Wildman–Crippen LogP) is 4.48. The Morgan fingerprint density at radius 2 is 2.05 bits per heavy atom. The molecular formula is C14H21Cl2NOS. The number of rotatable bonds is 8. The summed E-state index contributed by atoms with van der Waals surface area (Å²) in [5, 5.41) is 4.60. The molecule has 0 unspecified atom stereocenters. The maximum absolute atomic E-state index is 6.21. The van der Waals surface area contributed by atoms with Crippen LogP contribution in [0.2, 0.25) is 10.0 Å². The van der Waals surface area contributed by atoms with Crippen LogP contribution in [0.15, 0.2) is 12.1 Å². The molecule has 5 heteroatoms. The highest BCUT2D eigenvalue weighted by molar-refractivity contribution is 7.98. The van der Waals surface area contributed by atoms with Gasteiger partial charge in [-0.2, -0.15) is 11.8 Å². The number of hydrogen-bond donors (Lipinski definition) is 1. The van der Waals surface area contributed by atoms with Crippen molar-refractivity contribution in [3.63, 3.8) is 0 Å². The molecule has 1 aromatic rings. The zero-order valence-electron chi connectivity index (χ0n) is 11.6. The second kappa shape index (κ2) is 8.96. The summed E-state index contributed by atoms with van der Waals surface area (Å²) in [7, 11) is 0. The number of nitrogens with one attached hydrogen (secondary N) is 1. The highest BCUT2D eigenvalue weighted by Gasteiger charge is 2.10. The van der Waals surface area contributed by atoms with Gasteiger partial charge in [0.1, 0.15) is 5.75 Å². The molecule has 0 radical (unpaired) electrons. The van der Waals surface area contributed by atoms with Gasteiger partial charge in [0.15, 0.2) is 0 Å². The summed E-state index contributed by atoms with van der Waals surface area (Å²) in [4.78, 5) is 0. The van der Waals surface area contributed by atoms with Crippen molar-refractivity contribution in [2.75, 3.05) is 25.2 Å². The Bertz CT molecular complexity index is 399. The van der Waals surface area contributed by atoms with Crippen LogP contribution in [-0.4, -0.2) is 25.2 Å². The van der Waals surface area contributed by atoms with Gasteiger partial charge in [-0.05, 0) is 30.9 Å². The summed E-state index contributed by atoms with van der Waals surface area (Å²) in [5.74, 6) is 2.30. The normalized spacial score (nSPS) is 11.1. The van der Waals surface area contributed by atoms with Gasteiger partial charge in [0.25, 0.3) is 0 Å². The number of benzene rings is 1. The summed E-state index contributed by atoms with van der Waals surface area (Å²) in [6.07, 6.45) is 2.05. The van der Waals surface area contributed by atoms with Crippen molar-refractivity contribution in [1.82, 2.24) is 5.32 Å². The van der Waals surface area contributed by atoms with Gasteiger partial charge < -0.3 is 10.1 Å². The Balaban J connectivity index is 2.74. The molecular weight excluding hydrogens is 301 g/mol. The Kier molecular flexibility index (Phi) is 8.00. The molecule has 0 aliphatic heterocycles. The minimum Gasteiger partial charge on any atom is -0.491 e. The fraction of sp³-hybridized carbons (Fsp3) is 0.571. The van der Waals surface area contributed by atoms with E-state index in [0.717, 1.165) is 23.6 Å². The SMILES string of the molecule is CSCCOc1c(Cl)cc(Cl)cc1CNCC(C)C. The molecule has 2 nitrogen and oxygen atoms in total. The molecule has 0 saturated heterocycles. The largest absolute Gasteiger partial charge is 0.491 e. The zero-order chi connectivity index (χ0) is 14.3. The number of halogens is 2. The van der Waals surface area contributed by atoms with Gasteiger partial charge in [-0.3, -0.25) is 0 Å². The van der Waals surface area contributed by atoms with Gasteiger partial charge in [-0.25, -0.2) is 0 Å². The fourth-order valence-corrected chi connectivity index (χ4v) is 2.47. The number of thioether (sulfide) groups is 1. The third kappa shape index (κ3) is 6.26. The van der Waals surface area contributed by atoms with E-state index in [2.05, 4.69) is 25.4 Å². The molecule has 0 heterocycles. The van der Waals surface area contributed by atoms with Crippen LogP contribution in [-0.2, 0) is 6.54 Å². The maximum Gasteiger partial charge on any atom is 0.142 e. The molecule has 0 bridgehead atoms. The van der Waals surface area contributed by atoms with Crippen LogP contribution in [0.1, 0.15) is 19.4 Å². The molecule has 0 saturated carbocycles. The molecule has 1 N–H and O–H groups in total. The Hall–Kier alpha value is -0.0900. The first-order chi connectivity index (χ1) is 9.04. The lowest BCUT2D eigenvalue weighted by molar-refractivity contribution is 0.339. The van der Waals surface area contributed by atoms with Crippen molar-refractivity contribution < 1.29 is 4.74 Å². The minimum absolute atomic E-state index is 0.579. The third-order valence-corrected chi connectivity index (χ3v) is 3.56. The van der Waals surface area contributed by atoms with Gasteiger partial charge in [-0.1, -0.05) is 37.0 Å². The van der Waals surface area contributed by atoms with E-state index in [1.165, 1.54) is 0 Å². The van der Waals surface area contributed by atoms with Gasteiger partial charge in [-0.15, -0.1) is 0 Å². The van der Waals surface area contributed by atoms with Gasteiger partial charge in [0.05, 0.1) is 11.6 Å². The summed E-state index contributed by atoms with van der Waals surface area (Å²) in [5.41, 5.74) is 1.01. The fourth-order valence-electron chi connectivity index (χ4n) is 1.63.